The lowest BCUT2D eigenvalue weighted by atomic mass is 10.2. The van der Waals surface area contributed by atoms with Gasteiger partial charge in [0.05, 0.1) is 0 Å². The van der Waals surface area contributed by atoms with Gasteiger partial charge in [0.2, 0.25) is 0 Å². The first-order chi connectivity index (χ1) is 8.70. The number of nitrogens with one attached hydrogen (secondary N) is 1. The van der Waals surface area contributed by atoms with Crippen molar-refractivity contribution in [2.45, 2.75) is 6.54 Å². The van der Waals surface area contributed by atoms with Gasteiger partial charge < -0.3 is 10.2 Å². The second-order valence-corrected chi connectivity index (χ2v) is 3.49. The number of rotatable bonds is 3. The van der Waals surface area contributed by atoms with E-state index in [2.05, 4.69) is 10.2 Å². The smallest absolute Gasteiger partial charge is 0.316 e. The van der Waals surface area contributed by atoms with Crippen molar-refractivity contribution in [1.82, 2.24) is 10.4 Å². The molecule has 6 heteroatoms. The van der Waals surface area contributed by atoms with Crippen LogP contribution in [-0.2, 0) is 16.2 Å². The monoisotopic (exact) mass is 243 g/mol. The standard InChI is InChI=1S/C12H9N3O3/c13-7-10-6-11(16)15(10)18-12(17)14-8-9-4-2-1-3-5-9/h1-6H,8H2,(H,14,17). The second-order valence-electron chi connectivity index (χ2n) is 3.49. The number of hydrogen-bond donors (Lipinski definition) is 1. The molecule has 1 heterocycles. The number of carbonyl (C=O) groups is 2. The van der Waals surface area contributed by atoms with Crippen LogP contribution in [0.3, 0.4) is 0 Å². The molecule has 6 nitrogen and oxygen atoms in total. The molecule has 1 aliphatic heterocycles. The van der Waals surface area contributed by atoms with Crippen LogP contribution in [-0.4, -0.2) is 17.1 Å². The molecule has 0 spiro atoms. The van der Waals surface area contributed by atoms with E-state index in [1.165, 1.54) is 0 Å². The number of nitriles is 1. The van der Waals surface area contributed by atoms with Gasteiger partial charge in [-0.05, 0) is 5.56 Å². The van der Waals surface area contributed by atoms with E-state index in [-0.39, 0.29) is 12.2 Å². The Bertz CT molecular complexity index is 545. The molecule has 18 heavy (non-hydrogen) atoms. The predicted octanol–water partition coefficient (Wildman–Crippen LogP) is 1.08. The first-order valence-corrected chi connectivity index (χ1v) is 5.16. The van der Waals surface area contributed by atoms with Gasteiger partial charge in [-0.3, -0.25) is 4.79 Å². The Kier molecular flexibility index (Phi) is 3.25. The summed E-state index contributed by atoms with van der Waals surface area (Å²) in [5.74, 6) is -0.526. The Morgan fingerprint density at radius 2 is 2.11 bits per heavy atom. The van der Waals surface area contributed by atoms with Crippen LogP contribution >= 0.6 is 0 Å². The molecule has 90 valence electrons. The molecule has 0 aromatic heterocycles. The Hall–Kier alpha value is -2.81. The lowest BCUT2D eigenvalue weighted by Gasteiger charge is -2.24. The highest BCUT2D eigenvalue weighted by Crippen LogP contribution is 2.15. The molecule has 2 rings (SSSR count). The molecule has 0 saturated heterocycles. The van der Waals surface area contributed by atoms with Crippen LogP contribution in [0.2, 0.25) is 0 Å². The van der Waals surface area contributed by atoms with Gasteiger partial charge in [0.15, 0.2) is 5.70 Å². The van der Waals surface area contributed by atoms with Gasteiger partial charge in [-0.1, -0.05) is 30.3 Å². The normalized spacial score (nSPS) is 13.2. The van der Waals surface area contributed by atoms with Gasteiger partial charge in [-0.25, -0.2) is 4.79 Å². The van der Waals surface area contributed by atoms with E-state index in [9.17, 15) is 9.59 Å². The highest BCUT2D eigenvalue weighted by atomic mass is 16.7. The fourth-order valence-corrected chi connectivity index (χ4v) is 1.34. The van der Waals surface area contributed by atoms with Crippen LogP contribution in [0.15, 0.2) is 42.1 Å². The molecule has 0 atom stereocenters. The first-order valence-electron chi connectivity index (χ1n) is 5.16. The molecule has 0 aliphatic carbocycles. The molecule has 0 unspecified atom stereocenters. The maximum Gasteiger partial charge on any atom is 0.432 e. The van der Waals surface area contributed by atoms with Crippen molar-refractivity contribution < 1.29 is 14.4 Å². The van der Waals surface area contributed by atoms with Crippen molar-refractivity contribution in [1.29, 1.82) is 5.26 Å². The number of allylic oxidation sites excluding steroid dienone is 1. The summed E-state index contributed by atoms with van der Waals surface area (Å²) >= 11 is 0. The van der Waals surface area contributed by atoms with E-state index < -0.39 is 12.0 Å². The van der Waals surface area contributed by atoms with E-state index in [4.69, 9.17) is 5.26 Å². The summed E-state index contributed by atoms with van der Waals surface area (Å²) in [5, 5.41) is 11.7. The van der Waals surface area contributed by atoms with Gasteiger partial charge in [-0.2, -0.15) is 5.26 Å². The molecule has 1 aliphatic rings. The fraction of sp³-hybridized carbons (Fsp3) is 0.0833. The number of carbonyl (C=O) groups excluding carboxylic acids is 2. The van der Waals surface area contributed by atoms with E-state index >= 15 is 0 Å². The largest absolute Gasteiger partial charge is 0.432 e. The summed E-state index contributed by atoms with van der Waals surface area (Å²) in [7, 11) is 0. The van der Waals surface area contributed by atoms with Crippen molar-refractivity contribution in [3.05, 3.63) is 47.7 Å². The molecule has 1 aromatic carbocycles. The molecular weight excluding hydrogens is 234 g/mol. The van der Waals surface area contributed by atoms with Crippen molar-refractivity contribution in [2.24, 2.45) is 0 Å². The van der Waals surface area contributed by atoms with Gasteiger partial charge in [0, 0.05) is 12.6 Å². The highest BCUT2D eigenvalue weighted by molar-refractivity contribution is 5.97. The van der Waals surface area contributed by atoms with Gasteiger partial charge >= 0.3 is 6.09 Å². The minimum absolute atomic E-state index is 0.00913. The van der Waals surface area contributed by atoms with Crippen LogP contribution < -0.4 is 5.32 Å². The van der Waals surface area contributed by atoms with E-state index in [1.54, 1.807) is 6.07 Å². The van der Waals surface area contributed by atoms with Crippen molar-refractivity contribution in [3.8, 4) is 6.07 Å². The minimum atomic E-state index is -0.784. The molecule has 0 radical (unpaired) electrons. The van der Waals surface area contributed by atoms with Crippen LogP contribution in [0.5, 0.6) is 0 Å². The number of hydroxylamine groups is 2. The average Bonchev–Trinajstić information content (AvgIpc) is 2.41. The quantitative estimate of drug-likeness (QED) is 0.861. The van der Waals surface area contributed by atoms with Crippen molar-refractivity contribution >= 4 is 12.0 Å². The molecule has 0 saturated carbocycles. The van der Waals surface area contributed by atoms with E-state index in [0.717, 1.165) is 11.6 Å². The van der Waals surface area contributed by atoms with Crippen LogP contribution in [0.25, 0.3) is 0 Å². The Morgan fingerprint density at radius 3 is 2.72 bits per heavy atom. The number of amides is 2. The summed E-state index contributed by atoms with van der Waals surface area (Å²) in [4.78, 5) is 27.0. The fourth-order valence-electron chi connectivity index (χ4n) is 1.34. The summed E-state index contributed by atoms with van der Waals surface area (Å²) in [6.45, 7) is 0.285. The third kappa shape index (κ3) is 2.47. The number of hydrogen-bond acceptors (Lipinski definition) is 4. The van der Waals surface area contributed by atoms with Crippen LogP contribution in [0.4, 0.5) is 4.79 Å². The van der Waals surface area contributed by atoms with Gasteiger partial charge in [0.25, 0.3) is 5.91 Å². The number of benzene rings is 1. The van der Waals surface area contributed by atoms with Crippen LogP contribution in [0.1, 0.15) is 5.56 Å². The molecule has 0 fully saturated rings. The topological polar surface area (TPSA) is 82.4 Å². The Balaban J connectivity index is 1.82. The summed E-state index contributed by atoms with van der Waals surface area (Å²) in [6.07, 6.45) is 0.304. The Morgan fingerprint density at radius 1 is 1.39 bits per heavy atom. The zero-order valence-corrected chi connectivity index (χ0v) is 9.29. The maximum atomic E-state index is 11.4. The molecule has 1 N–H and O–H groups in total. The molecule has 2 amide bonds. The zero-order valence-electron chi connectivity index (χ0n) is 9.29. The number of nitrogens with zero attached hydrogens (tertiary/aromatic N) is 2. The molecular formula is C12H9N3O3. The zero-order chi connectivity index (χ0) is 13.0. The second kappa shape index (κ2) is 5.01. The minimum Gasteiger partial charge on any atom is -0.316 e. The van der Waals surface area contributed by atoms with E-state index in [1.807, 2.05) is 30.3 Å². The lowest BCUT2D eigenvalue weighted by molar-refractivity contribution is -0.157. The summed E-state index contributed by atoms with van der Waals surface area (Å²) in [6, 6.07) is 11.0. The Labute approximate surface area is 103 Å². The third-order valence-corrected chi connectivity index (χ3v) is 2.25. The predicted molar refractivity (Wildman–Crippen MR) is 60.3 cm³/mol. The lowest BCUT2D eigenvalue weighted by Crippen LogP contribution is -2.41. The van der Waals surface area contributed by atoms with Gasteiger partial charge in [0.1, 0.15) is 6.07 Å². The first kappa shape index (κ1) is 11.7. The summed E-state index contributed by atoms with van der Waals surface area (Å²) in [5.41, 5.74) is 0.912. The third-order valence-electron chi connectivity index (χ3n) is 2.25. The summed E-state index contributed by atoms with van der Waals surface area (Å²) < 4.78 is 0. The average molecular weight is 243 g/mol. The highest BCUT2D eigenvalue weighted by Gasteiger charge is 2.30. The van der Waals surface area contributed by atoms with E-state index in [0.29, 0.717) is 5.06 Å². The maximum absolute atomic E-state index is 11.4. The SMILES string of the molecule is N#CC1=CC(=O)N1OC(=O)NCc1ccccc1. The molecule has 1 aromatic rings. The van der Waals surface area contributed by atoms with Crippen molar-refractivity contribution in [2.75, 3.05) is 0 Å². The van der Waals surface area contributed by atoms with Crippen LogP contribution in [0, 0.1) is 11.3 Å². The van der Waals surface area contributed by atoms with Crippen molar-refractivity contribution in [3.63, 3.8) is 0 Å². The van der Waals surface area contributed by atoms with Gasteiger partial charge in [-0.15, -0.1) is 5.06 Å². The molecule has 0 bridgehead atoms.